The first-order chi connectivity index (χ1) is 8.78. The van der Waals surface area contributed by atoms with Crippen LogP contribution in [-0.4, -0.2) is 16.1 Å². The van der Waals surface area contributed by atoms with E-state index in [2.05, 4.69) is 9.55 Å². The van der Waals surface area contributed by atoms with Crippen molar-refractivity contribution in [1.29, 1.82) is 5.26 Å². The standard InChI is InChI=1S/C13H11FN4/c14-11-7-10(8-15)1-2-12(11)18-6-5-17-4-3-16-13(17)9-18/h1-4,7H,5-6,9H2. The SMILES string of the molecule is N#Cc1ccc(N2CCn3ccnc3C2)c(F)c1. The van der Waals surface area contributed by atoms with E-state index in [1.165, 1.54) is 6.07 Å². The number of hydrogen-bond donors (Lipinski definition) is 0. The first kappa shape index (κ1) is 10.8. The van der Waals surface area contributed by atoms with Gasteiger partial charge >= 0.3 is 0 Å². The number of nitrogens with zero attached hydrogens (tertiary/aromatic N) is 4. The first-order valence-electron chi connectivity index (χ1n) is 5.72. The van der Waals surface area contributed by atoms with Crippen LogP contribution in [0.3, 0.4) is 0 Å². The van der Waals surface area contributed by atoms with Crippen molar-refractivity contribution < 1.29 is 4.39 Å². The van der Waals surface area contributed by atoms with Crippen LogP contribution in [0.2, 0.25) is 0 Å². The predicted octanol–water partition coefficient (Wildman–Crippen LogP) is 1.91. The third-order valence-corrected chi connectivity index (χ3v) is 3.16. The minimum Gasteiger partial charge on any atom is -0.360 e. The summed E-state index contributed by atoms with van der Waals surface area (Å²) in [6.45, 7) is 2.14. The van der Waals surface area contributed by atoms with E-state index in [1.807, 2.05) is 17.2 Å². The fourth-order valence-corrected chi connectivity index (χ4v) is 2.21. The Morgan fingerprint density at radius 3 is 3.00 bits per heavy atom. The predicted molar refractivity (Wildman–Crippen MR) is 64.4 cm³/mol. The Kier molecular flexibility index (Phi) is 2.49. The van der Waals surface area contributed by atoms with Crippen molar-refractivity contribution in [2.24, 2.45) is 0 Å². The quantitative estimate of drug-likeness (QED) is 0.767. The molecule has 1 aromatic heterocycles. The van der Waals surface area contributed by atoms with E-state index < -0.39 is 0 Å². The zero-order valence-electron chi connectivity index (χ0n) is 9.67. The summed E-state index contributed by atoms with van der Waals surface area (Å²) in [6.07, 6.45) is 3.69. The molecule has 0 radical (unpaired) electrons. The highest BCUT2D eigenvalue weighted by molar-refractivity contribution is 5.51. The molecule has 1 aromatic carbocycles. The fraction of sp³-hybridized carbons (Fsp3) is 0.231. The summed E-state index contributed by atoms with van der Waals surface area (Å²) >= 11 is 0. The van der Waals surface area contributed by atoms with Crippen LogP contribution in [0.25, 0.3) is 0 Å². The number of halogens is 1. The molecule has 0 aliphatic carbocycles. The molecule has 3 rings (SSSR count). The number of aromatic nitrogens is 2. The van der Waals surface area contributed by atoms with Gasteiger partial charge in [-0.05, 0) is 18.2 Å². The van der Waals surface area contributed by atoms with Crippen LogP contribution in [0, 0.1) is 17.1 Å². The van der Waals surface area contributed by atoms with Gasteiger partial charge in [0.15, 0.2) is 0 Å². The molecule has 4 nitrogen and oxygen atoms in total. The molecule has 0 unspecified atom stereocenters. The van der Waals surface area contributed by atoms with Crippen LogP contribution in [-0.2, 0) is 13.1 Å². The molecule has 0 saturated heterocycles. The molecule has 18 heavy (non-hydrogen) atoms. The van der Waals surface area contributed by atoms with Gasteiger partial charge in [-0.2, -0.15) is 5.26 Å². The molecule has 90 valence electrons. The van der Waals surface area contributed by atoms with Crippen molar-refractivity contribution in [3.63, 3.8) is 0 Å². The van der Waals surface area contributed by atoms with E-state index in [1.54, 1.807) is 18.3 Å². The number of fused-ring (bicyclic) bond motifs is 1. The van der Waals surface area contributed by atoms with Crippen molar-refractivity contribution in [3.05, 3.63) is 47.8 Å². The van der Waals surface area contributed by atoms with Crippen LogP contribution in [0.4, 0.5) is 10.1 Å². The minimum absolute atomic E-state index is 0.342. The maximum absolute atomic E-state index is 13.9. The highest BCUT2D eigenvalue weighted by Gasteiger charge is 2.19. The molecule has 2 aromatic rings. The Morgan fingerprint density at radius 1 is 1.33 bits per heavy atom. The second kappa shape index (κ2) is 4.15. The minimum atomic E-state index is -0.353. The van der Waals surface area contributed by atoms with Gasteiger partial charge in [-0.25, -0.2) is 9.37 Å². The summed E-state index contributed by atoms with van der Waals surface area (Å²) in [6, 6.07) is 6.51. The lowest BCUT2D eigenvalue weighted by molar-refractivity contribution is 0.544. The topological polar surface area (TPSA) is 44.9 Å². The number of nitriles is 1. The van der Waals surface area contributed by atoms with Gasteiger partial charge in [-0.15, -0.1) is 0 Å². The number of imidazole rings is 1. The normalized spacial score (nSPS) is 14.1. The Morgan fingerprint density at radius 2 is 2.22 bits per heavy atom. The van der Waals surface area contributed by atoms with Gasteiger partial charge in [-0.1, -0.05) is 0 Å². The van der Waals surface area contributed by atoms with Gasteiger partial charge in [0.2, 0.25) is 0 Å². The second-order valence-corrected chi connectivity index (χ2v) is 4.24. The van der Waals surface area contributed by atoms with E-state index in [0.29, 0.717) is 17.8 Å². The lowest BCUT2D eigenvalue weighted by Gasteiger charge is -2.29. The van der Waals surface area contributed by atoms with E-state index in [0.717, 1.165) is 18.9 Å². The van der Waals surface area contributed by atoms with Gasteiger partial charge in [-0.3, -0.25) is 0 Å². The summed E-state index contributed by atoms with van der Waals surface area (Å²) in [5.74, 6) is 0.582. The average Bonchev–Trinajstić information content (AvgIpc) is 2.85. The molecule has 0 bridgehead atoms. The molecule has 0 saturated carbocycles. The van der Waals surface area contributed by atoms with Crippen molar-refractivity contribution in [3.8, 4) is 6.07 Å². The van der Waals surface area contributed by atoms with Gasteiger partial charge in [0.1, 0.15) is 11.6 Å². The number of hydrogen-bond acceptors (Lipinski definition) is 3. The van der Waals surface area contributed by atoms with Gasteiger partial charge in [0.05, 0.1) is 23.9 Å². The highest BCUT2D eigenvalue weighted by atomic mass is 19.1. The van der Waals surface area contributed by atoms with Crippen molar-refractivity contribution >= 4 is 5.69 Å². The molecule has 1 aliphatic rings. The zero-order valence-corrected chi connectivity index (χ0v) is 9.67. The summed E-state index contributed by atoms with van der Waals surface area (Å²) in [5, 5.41) is 8.72. The molecule has 0 fully saturated rings. The molecule has 2 heterocycles. The number of benzene rings is 1. The van der Waals surface area contributed by atoms with E-state index in [9.17, 15) is 4.39 Å². The molecule has 0 amide bonds. The van der Waals surface area contributed by atoms with Gasteiger partial charge in [0, 0.05) is 25.5 Å². The summed E-state index contributed by atoms with van der Waals surface area (Å²) in [7, 11) is 0. The van der Waals surface area contributed by atoms with Crippen molar-refractivity contribution in [2.75, 3.05) is 11.4 Å². The van der Waals surface area contributed by atoms with Crippen molar-refractivity contribution in [2.45, 2.75) is 13.1 Å². The largest absolute Gasteiger partial charge is 0.360 e. The molecule has 5 heteroatoms. The Labute approximate surface area is 104 Å². The smallest absolute Gasteiger partial charge is 0.147 e. The Hall–Kier alpha value is -2.35. The lowest BCUT2D eigenvalue weighted by Crippen LogP contribution is -2.34. The summed E-state index contributed by atoms with van der Waals surface area (Å²) < 4.78 is 16.0. The summed E-state index contributed by atoms with van der Waals surface area (Å²) in [5.41, 5.74) is 0.873. The number of rotatable bonds is 1. The van der Waals surface area contributed by atoms with E-state index in [-0.39, 0.29) is 5.82 Å². The zero-order chi connectivity index (χ0) is 12.5. The lowest BCUT2D eigenvalue weighted by atomic mass is 10.2. The molecule has 0 N–H and O–H groups in total. The molecule has 0 spiro atoms. The van der Waals surface area contributed by atoms with E-state index in [4.69, 9.17) is 5.26 Å². The fourth-order valence-electron chi connectivity index (χ4n) is 2.21. The summed E-state index contributed by atoms with van der Waals surface area (Å²) in [4.78, 5) is 6.19. The van der Waals surface area contributed by atoms with Crippen LogP contribution in [0.1, 0.15) is 11.4 Å². The Balaban J connectivity index is 1.91. The third kappa shape index (κ3) is 1.72. The molecule has 0 atom stereocenters. The Bertz CT molecular complexity index is 626. The molecular weight excluding hydrogens is 231 g/mol. The maximum atomic E-state index is 13.9. The highest BCUT2D eigenvalue weighted by Crippen LogP contribution is 2.24. The molecular formula is C13H11FN4. The van der Waals surface area contributed by atoms with E-state index >= 15 is 0 Å². The number of anilines is 1. The van der Waals surface area contributed by atoms with Crippen molar-refractivity contribution in [1.82, 2.24) is 9.55 Å². The monoisotopic (exact) mass is 242 g/mol. The van der Waals surface area contributed by atoms with Crippen LogP contribution in [0.5, 0.6) is 0 Å². The second-order valence-electron chi connectivity index (χ2n) is 4.24. The maximum Gasteiger partial charge on any atom is 0.147 e. The van der Waals surface area contributed by atoms with Gasteiger partial charge in [0.25, 0.3) is 0 Å². The van der Waals surface area contributed by atoms with Crippen LogP contribution in [0.15, 0.2) is 30.6 Å². The third-order valence-electron chi connectivity index (χ3n) is 3.16. The van der Waals surface area contributed by atoms with Gasteiger partial charge < -0.3 is 9.47 Å². The van der Waals surface area contributed by atoms with Crippen LogP contribution < -0.4 is 4.90 Å². The van der Waals surface area contributed by atoms with Crippen LogP contribution >= 0.6 is 0 Å². The first-order valence-corrected chi connectivity index (χ1v) is 5.72. The average molecular weight is 242 g/mol. The molecule has 1 aliphatic heterocycles.